The van der Waals surface area contributed by atoms with Crippen LogP contribution in [0, 0.1) is 12.8 Å². The Hall–Kier alpha value is -2.42. The van der Waals surface area contributed by atoms with E-state index in [1.54, 1.807) is 0 Å². The van der Waals surface area contributed by atoms with Gasteiger partial charge in [-0.25, -0.2) is 0 Å². The summed E-state index contributed by atoms with van der Waals surface area (Å²) in [5, 5.41) is 12.8. The summed E-state index contributed by atoms with van der Waals surface area (Å²) in [6.45, 7) is 4.45. The molecule has 1 aliphatic rings. The Morgan fingerprint density at radius 2 is 1.52 bits per heavy atom. The van der Waals surface area contributed by atoms with Gasteiger partial charge in [0.1, 0.15) is 0 Å². The Kier molecular flexibility index (Phi) is 4.57. The van der Waals surface area contributed by atoms with E-state index >= 15 is 0 Å². The number of rotatable bonds is 4. The minimum atomic E-state index is -0.361. The second-order valence-electron chi connectivity index (χ2n) is 8.57. The van der Waals surface area contributed by atoms with Crippen LogP contribution in [0.1, 0.15) is 40.8 Å². The number of hydrogen-bond acceptors (Lipinski definition) is 2. The Labute approximate surface area is 176 Å². The molecule has 0 radical (unpaired) electrons. The molecule has 0 amide bonds. The number of benzene rings is 3. The summed E-state index contributed by atoms with van der Waals surface area (Å²) in [7, 11) is 0. The highest BCUT2D eigenvalue weighted by Gasteiger charge is 2.54. The summed E-state index contributed by atoms with van der Waals surface area (Å²) in [6.07, 6.45) is 0.630. The topological polar surface area (TPSA) is 20.2 Å². The van der Waals surface area contributed by atoms with Crippen LogP contribution >= 0.6 is 11.3 Å². The molecule has 1 N–H and O–H groups in total. The summed E-state index contributed by atoms with van der Waals surface area (Å²) in [4.78, 5) is 1.40. The summed E-state index contributed by atoms with van der Waals surface area (Å²) in [6, 6.07) is 29.9. The highest BCUT2D eigenvalue weighted by Crippen LogP contribution is 2.56. The molecule has 29 heavy (non-hydrogen) atoms. The molecule has 146 valence electrons. The molecule has 0 spiro atoms. The van der Waals surface area contributed by atoms with Gasteiger partial charge >= 0.3 is 0 Å². The van der Waals surface area contributed by atoms with E-state index in [0.717, 1.165) is 6.42 Å². The Morgan fingerprint density at radius 3 is 2.17 bits per heavy atom. The highest BCUT2D eigenvalue weighted by molar-refractivity contribution is 7.19. The van der Waals surface area contributed by atoms with Crippen LogP contribution in [0.4, 0.5) is 0 Å². The zero-order valence-electron chi connectivity index (χ0n) is 16.9. The molecule has 5 rings (SSSR count). The Bertz CT molecular complexity index is 1130. The first kappa shape index (κ1) is 18.6. The normalized spacial score (nSPS) is 24.9. The van der Waals surface area contributed by atoms with Gasteiger partial charge in [-0.15, -0.1) is 11.3 Å². The van der Waals surface area contributed by atoms with Gasteiger partial charge in [0.25, 0.3) is 0 Å². The predicted molar refractivity (Wildman–Crippen MR) is 123 cm³/mol. The molecule has 4 aromatic rings. The van der Waals surface area contributed by atoms with E-state index in [1.165, 1.54) is 31.7 Å². The van der Waals surface area contributed by atoms with Crippen molar-refractivity contribution in [1.82, 2.24) is 0 Å². The third-order valence-corrected chi connectivity index (χ3v) is 8.26. The van der Waals surface area contributed by atoms with Crippen LogP contribution < -0.4 is 0 Å². The van der Waals surface area contributed by atoms with Gasteiger partial charge < -0.3 is 5.11 Å². The third kappa shape index (κ3) is 2.94. The van der Waals surface area contributed by atoms with Crippen molar-refractivity contribution in [1.29, 1.82) is 0 Å². The molecule has 4 unspecified atom stereocenters. The fourth-order valence-electron chi connectivity index (χ4n) is 5.18. The van der Waals surface area contributed by atoms with E-state index in [0.29, 0.717) is 0 Å². The smallest absolute Gasteiger partial charge is 0.0672 e. The first-order valence-corrected chi connectivity index (χ1v) is 11.2. The third-order valence-electron chi connectivity index (χ3n) is 6.90. The quantitative estimate of drug-likeness (QED) is 0.406. The molecule has 0 aliphatic heterocycles. The molecule has 4 atom stereocenters. The molecule has 0 bridgehead atoms. The number of aryl methyl sites for hydroxylation is 1. The number of fused-ring (bicyclic) bond motifs is 1. The molecule has 2 heteroatoms. The van der Waals surface area contributed by atoms with E-state index in [2.05, 4.69) is 92.7 Å². The van der Waals surface area contributed by atoms with Crippen molar-refractivity contribution < 1.29 is 5.11 Å². The average Bonchev–Trinajstić information content (AvgIpc) is 3.11. The lowest BCUT2D eigenvalue weighted by Gasteiger charge is -2.54. The van der Waals surface area contributed by atoms with Crippen molar-refractivity contribution in [2.45, 2.75) is 37.7 Å². The number of thiophene rings is 1. The lowest BCUT2D eigenvalue weighted by molar-refractivity contribution is -0.0660. The Balaban J connectivity index is 1.59. The maximum absolute atomic E-state index is 11.4. The standard InChI is InChI=1S/C27H26OS/c1-18-21-15-9-10-16-23(21)29-25(18)24(19-11-5-3-6-12-19)22-17-27(2,26(22)28)20-13-7-4-8-14-20/h3-16,22,24,26,28H,17H2,1-2H3. The molecule has 1 saturated carbocycles. The van der Waals surface area contributed by atoms with Crippen molar-refractivity contribution in [3.05, 3.63) is 106 Å². The molecular weight excluding hydrogens is 372 g/mol. The van der Waals surface area contributed by atoms with Gasteiger partial charge in [-0.1, -0.05) is 85.8 Å². The average molecular weight is 399 g/mol. The monoisotopic (exact) mass is 398 g/mol. The summed E-state index contributed by atoms with van der Waals surface area (Å²) >= 11 is 1.89. The van der Waals surface area contributed by atoms with Crippen molar-refractivity contribution in [2.75, 3.05) is 0 Å². The van der Waals surface area contributed by atoms with Gasteiger partial charge in [-0.05, 0) is 47.4 Å². The van der Waals surface area contributed by atoms with Crippen molar-refractivity contribution in [3.8, 4) is 0 Å². The lowest BCUT2D eigenvalue weighted by atomic mass is 9.53. The number of aliphatic hydroxyl groups is 1. The van der Waals surface area contributed by atoms with Crippen molar-refractivity contribution in [2.24, 2.45) is 5.92 Å². The molecule has 0 saturated heterocycles. The van der Waals surface area contributed by atoms with Crippen LogP contribution in [0.2, 0.25) is 0 Å². The van der Waals surface area contributed by atoms with Crippen LogP contribution in [-0.2, 0) is 5.41 Å². The Morgan fingerprint density at radius 1 is 0.897 bits per heavy atom. The van der Waals surface area contributed by atoms with E-state index < -0.39 is 0 Å². The number of aliphatic hydroxyl groups excluding tert-OH is 1. The molecule has 1 aromatic heterocycles. The van der Waals surface area contributed by atoms with E-state index in [1.807, 2.05) is 17.4 Å². The van der Waals surface area contributed by atoms with Gasteiger partial charge in [0.15, 0.2) is 0 Å². The number of hydrogen-bond donors (Lipinski definition) is 1. The van der Waals surface area contributed by atoms with Crippen LogP contribution in [0.15, 0.2) is 84.9 Å². The molecule has 1 heterocycles. The first-order chi connectivity index (χ1) is 14.1. The highest BCUT2D eigenvalue weighted by atomic mass is 32.1. The molecule has 1 nitrogen and oxygen atoms in total. The fourth-order valence-corrected chi connectivity index (χ4v) is 6.60. The van der Waals surface area contributed by atoms with E-state index in [-0.39, 0.29) is 23.4 Å². The van der Waals surface area contributed by atoms with Gasteiger partial charge in [0, 0.05) is 20.9 Å². The van der Waals surface area contributed by atoms with Crippen LogP contribution in [0.5, 0.6) is 0 Å². The van der Waals surface area contributed by atoms with E-state index in [9.17, 15) is 5.11 Å². The predicted octanol–water partition coefficient (Wildman–Crippen LogP) is 6.68. The zero-order valence-corrected chi connectivity index (χ0v) is 17.7. The molecular formula is C27H26OS. The molecule has 3 aromatic carbocycles. The van der Waals surface area contributed by atoms with E-state index in [4.69, 9.17) is 0 Å². The first-order valence-electron chi connectivity index (χ1n) is 10.4. The van der Waals surface area contributed by atoms with Gasteiger partial charge in [-0.2, -0.15) is 0 Å². The summed E-state index contributed by atoms with van der Waals surface area (Å²) < 4.78 is 1.33. The summed E-state index contributed by atoms with van der Waals surface area (Å²) in [5.74, 6) is 0.440. The van der Waals surface area contributed by atoms with Crippen molar-refractivity contribution >= 4 is 21.4 Å². The minimum Gasteiger partial charge on any atom is -0.392 e. The lowest BCUT2D eigenvalue weighted by Crippen LogP contribution is -2.56. The van der Waals surface area contributed by atoms with Crippen LogP contribution in [0.25, 0.3) is 10.1 Å². The second-order valence-corrected chi connectivity index (χ2v) is 9.66. The molecule has 1 fully saturated rings. The largest absolute Gasteiger partial charge is 0.392 e. The molecule has 1 aliphatic carbocycles. The second kappa shape index (κ2) is 7.12. The maximum Gasteiger partial charge on any atom is 0.0672 e. The van der Waals surface area contributed by atoms with Gasteiger partial charge in [-0.3, -0.25) is 0 Å². The van der Waals surface area contributed by atoms with Crippen LogP contribution in [0.3, 0.4) is 0 Å². The van der Waals surface area contributed by atoms with Crippen molar-refractivity contribution in [3.63, 3.8) is 0 Å². The maximum atomic E-state index is 11.4. The SMILES string of the molecule is Cc1c(C(c2ccccc2)C2CC(C)(c3ccccc3)C2O)sc2ccccc12. The minimum absolute atomic E-state index is 0.177. The zero-order chi connectivity index (χ0) is 20.0. The van der Waals surface area contributed by atoms with Gasteiger partial charge in [0.05, 0.1) is 6.10 Å². The fraction of sp³-hybridized carbons (Fsp3) is 0.259. The van der Waals surface area contributed by atoms with Crippen LogP contribution in [-0.4, -0.2) is 11.2 Å². The summed E-state index contributed by atoms with van der Waals surface area (Å²) in [5.41, 5.74) is 3.73. The van der Waals surface area contributed by atoms with Gasteiger partial charge in [0.2, 0.25) is 0 Å².